The van der Waals surface area contributed by atoms with Crippen molar-refractivity contribution >= 4 is 11.6 Å². The molecule has 0 aromatic carbocycles. The van der Waals surface area contributed by atoms with Crippen molar-refractivity contribution in [3.8, 4) is 0 Å². The number of fused-ring (bicyclic) bond motifs is 3. The summed E-state index contributed by atoms with van der Waals surface area (Å²) in [6.45, 7) is 3.47. The molecule has 0 radical (unpaired) electrons. The molecule has 1 aliphatic carbocycles. The summed E-state index contributed by atoms with van der Waals surface area (Å²) in [6.07, 6.45) is 11.3. The molecule has 128 valence electrons. The Balaban J connectivity index is 1.42. The number of aromatic nitrogens is 3. The third-order valence-corrected chi connectivity index (χ3v) is 5.62. The molecule has 0 spiro atoms. The maximum atomic E-state index is 12.6. The van der Waals surface area contributed by atoms with E-state index in [9.17, 15) is 4.79 Å². The number of hydrogen-bond donors (Lipinski definition) is 0. The van der Waals surface area contributed by atoms with Gasteiger partial charge in [0.15, 0.2) is 5.65 Å². The second-order valence-corrected chi connectivity index (χ2v) is 7.39. The molecule has 0 unspecified atom stereocenters. The third kappa shape index (κ3) is 3.04. The van der Waals surface area contributed by atoms with Gasteiger partial charge in [0, 0.05) is 43.8 Å². The Hall–Kier alpha value is -1.91. The van der Waals surface area contributed by atoms with Gasteiger partial charge >= 0.3 is 0 Å². The van der Waals surface area contributed by atoms with Gasteiger partial charge in [0.2, 0.25) is 5.91 Å². The van der Waals surface area contributed by atoms with Gasteiger partial charge in [0.1, 0.15) is 0 Å². The van der Waals surface area contributed by atoms with Crippen LogP contribution >= 0.6 is 0 Å². The molecule has 2 aliphatic rings. The van der Waals surface area contributed by atoms with E-state index in [1.54, 1.807) is 0 Å². The fraction of sp³-hybridized carbons (Fsp3) is 0.632. The first-order valence-corrected chi connectivity index (χ1v) is 9.31. The van der Waals surface area contributed by atoms with Crippen molar-refractivity contribution in [1.82, 2.24) is 19.5 Å². The Morgan fingerprint density at radius 1 is 1.29 bits per heavy atom. The molecule has 2 aromatic heterocycles. The number of rotatable bonds is 3. The smallest absolute Gasteiger partial charge is 0.222 e. The van der Waals surface area contributed by atoms with E-state index in [0.29, 0.717) is 18.9 Å². The van der Waals surface area contributed by atoms with Crippen molar-refractivity contribution in [2.45, 2.75) is 64.8 Å². The minimum Gasteiger partial charge on any atom is -0.338 e. The van der Waals surface area contributed by atoms with Gasteiger partial charge in [-0.1, -0.05) is 32.1 Å². The Bertz CT molecular complexity index is 745. The van der Waals surface area contributed by atoms with Crippen LogP contribution in [0.5, 0.6) is 0 Å². The summed E-state index contributed by atoms with van der Waals surface area (Å²) in [7, 11) is 0. The number of carbonyl (C=O) groups excluding carboxylic acids is 1. The minimum atomic E-state index is 0.308. The van der Waals surface area contributed by atoms with Gasteiger partial charge in [0.25, 0.3) is 0 Å². The number of aryl methyl sites for hydroxylation is 1. The van der Waals surface area contributed by atoms with Crippen molar-refractivity contribution in [3.63, 3.8) is 0 Å². The molecule has 1 amide bonds. The molecular formula is C19H26N4O. The van der Waals surface area contributed by atoms with E-state index in [-0.39, 0.29) is 0 Å². The lowest BCUT2D eigenvalue weighted by molar-refractivity contribution is -0.132. The SMILES string of the molecule is Cc1cc2ncc3c(n2n1)CCN(C(=O)CCC1CCCCC1)C3. The van der Waals surface area contributed by atoms with Gasteiger partial charge in [-0.2, -0.15) is 5.10 Å². The standard InChI is InChI=1S/C19H26N4O/c1-14-11-18-20-12-16-13-22(10-9-17(16)23(18)21-14)19(24)8-7-15-5-3-2-4-6-15/h11-12,15H,2-10,13H2,1H3. The molecule has 0 bridgehead atoms. The predicted molar refractivity (Wildman–Crippen MR) is 92.7 cm³/mol. The van der Waals surface area contributed by atoms with Crippen LogP contribution in [-0.2, 0) is 17.8 Å². The molecule has 2 aromatic rings. The summed E-state index contributed by atoms with van der Waals surface area (Å²) in [6, 6.07) is 2.00. The van der Waals surface area contributed by atoms with Crippen molar-refractivity contribution in [2.24, 2.45) is 5.92 Å². The molecule has 0 saturated heterocycles. The van der Waals surface area contributed by atoms with Crippen LogP contribution < -0.4 is 0 Å². The van der Waals surface area contributed by atoms with Crippen LogP contribution in [0.3, 0.4) is 0 Å². The zero-order valence-electron chi connectivity index (χ0n) is 14.5. The highest BCUT2D eigenvalue weighted by Gasteiger charge is 2.24. The molecule has 1 saturated carbocycles. The summed E-state index contributed by atoms with van der Waals surface area (Å²) in [5.74, 6) is 1.08. The van der Waals surface area contributed by atoms with Crippen molar-refractivity contribution in [2.75, 3.05) is 6.54 Å². The second kappa shape index (κ2) is 6.54. The van der Waals surface area contributed by atoms with Gasteiger partial charge in [0.05, 0.1) is 11.4 Å². The van der Waals surface area contributed by atoms with Crippen LogP contribution in [0.15, 0.2) is 12.3 Å². The summed E-state index contributed by atoms with van der Waals surface area (Å²) in [5, 5.41) is 4.54. The molecule has 0 atom stereocenters. The zero-order chi connectivity index (χ0) is 16.5. The lowest BCUT2D eigenvalue weighted by atomic mass is 9.86. The van der Waals surface area contributed by atoms with E-state index in [4.69, 9.17) is 0 Å². The largest absolute Gasteiger partial charge is 0.338 e. The van der Waals surface area contributed by atoms with E-state index in [1.807, 2.05) is 28.6 Å². The van der Waals surface area contributed by atoms with Crippen LogP contribution in [0, 0.1) is 12.8 Å². The molecule has 0 N–H and O–H groups in total. The van der Waals surface area contributed by atoms with Crippen LogP contribution in [0.4, 0.5) is 0 Å². The number of hydrogen-bond acceptors (Lipinski definition) is 3. The molecule has 1 aliphatic heterocycles. The summed E-state index contributed by atoms with van der Waals surface area (Å²) in [5.41, 5.74) is 4.25. The Morgan fingerprint density at radius 2 is 2.12 bits per heavy atom. The summed E-state index contributed by atoms with van der Waals surface area (Å²) < 4.78 is 1.95. The third-order valence-electron chi connectivity index (χ3n) is 5.62. The Kier molecular flexibility index (Phi) is 4.25. The first kappa shape index (κ1) is 15.6. The van der Waals surface area contributed by atoms with Gasteiger partial charge in [-0.05, 0) is 19.3 Å². The van der Waals surface area contributed by atoms with Crippen LogP contribution in [-0.4, -0.2) is 31.9 Å². The average molecular weight is 326 g/mol. The van der Waals surface area contributed by atoms with Gasteiger partial charge in [-0.3, -0.25) is 4.79 Å². The lowest BCUT2D eigenvalue weighted by Gasteiger charge is -2.29. The van der Waals surface area contributed by atoms with Gasteiger partial charge in [-0.25, -0.2) is 9.50 Å². The zero-order valence-corrected chi connectivity index (χ0v) is 14.5. The van der Waals surface area contributed by atoms with Crippen molar-refractivity contribution in [3.05, 3.63) is 29.2 Å². The Morgan fingerprint density at radius 3 is 2.96 bits per heavy atom. The first-order valence-electron chi connectivity index (χ1n) is 9.31. The lowest BCUT2D eigenvalue weighted by Crippen LogP contribution is -2.37. The average Bonchev–Trinajstić information content (AvgIpc) is 3.00. The van der Waals surface area contributed by atoms with Crippen LogP contribution in [0.1, 0.15) is 61.9 Å². The van der Waals surface area contributed by atoms with Crippen LogP contribution in [0.2, 0.25) is 0 Å². The fourth-order valence-electron chi connectivity index (χ4n) is 4.23. The highest BCUT2D eigenvalue weighted by molar-refractivity contribution is 5.76. The fourth-order valence-corrected chi connectivity index (χ4v) is 4.23. The topological polar surface area (TPSA) is 50.5 Å². The molecule has 1 fully saturated rings. The quantitative estimate of drug-likeness (QED) is 0.870. The van der Waals surface area contributed by atoms with E-state index < -0.39 is 0 Å². The maximum Gasteiger partial charge on any atom is 0.222 e. The van der Waals surface area contributed by atoms with E-state index in [0.717, 1.165) is 42.2 Å². The minimum absolute atomic E-state index is 0.308. The molecule has 5 nitrogen and oxygen atoms in total. The highest BCUT2D eigenvalue weighted by Crippen LogP contribution is 2.28. The molecule has 5 heteroatoms. The van der Waals surface area contributed by atoms with E-state index in [1.165, 1.54) is 37.8 Å². The second-order valence-electron chi connectivity index (χ2n) is 7.39. The van der Waals surface area contributed by atoms with Crippen LogP contribution in [0.25, 0.3) is 5.65 Å². The summed E-state index contributed by atoms with van der Waals surface area (Å²) in [4.78, 5) is 19.1. The van der Waals surface area contributed by atoms with E-state index in [2.05, 4.69) is 10.1 Å². The molecule has 4 rings (SSSR count). The first-order chi connectivity index (χ1) is 11.7. The normalized spacial score (nSPS) is 18.8. The highest BCUT2D eigenvalue weighted by atomic mass is 16.2. The molecule has 3 heterocycles. The molecule has 24 heavy (non-hydrogen) atoms. The van der Waals surface area contributed by atoms with Crippen molar-refractivity contribution in [1.29, 1.82) is 0 Å². The molecular weight excluding hydrogens is 300 g/mol. The van der Waals surface area contributed by atoms with Crippen molar-refractivity contribution < 1.29 is 4.79 Å². The number of nitrogens with zero attached hydrogens (tertiary/aromatic N) is 4. The van der Waals surface area contributed by atoms with Gasteiger partial charge in [-0.15, -0.1) is 0 Å². The van der Waals surface area contributed by atoms with Gasteiger partial charge < -0.3 is 4.90 Å². The monoisotopic (exact) mass is 326 g/mol. The summed E-state index contributed by atoms with van der Waals surface area (Å²) >= 11 is 0. The number of carbonyl (C=O) groups is 1. The predicted octanol–water partition coefficient (Wildman–Crippen LogP) is 3.28. The number of amides is 1. The Labute approximate surface area is 143 Å². The van der Waals surface area contributed by atoms with E-state index >= 15 is 0 Å². The maximum absolute atomic E-state index is 12.6.